The van der Waals surface area contributed by atoms with Crippen molar-refractivity contribution in [1.82, 2.24) is 4.98 Å². The quantitative estimate of drug-likeness (QED) is 0.660. The van der Waals surface area contributed by atoms with Crippen LogP contribution < -0.4 is 0 Å². The molecule has 3 nitrogen and oxygen atoms in total. The summed E-state index contributed by atoms with van der Waals surface area (Å²) in [6, 6.07) is 8.19. The third-order valence-corrected chi connectivity index (χ3v) is 7.10. The smallest absolute Gasteiger partial charge is 0.113 e. The molecule has 2 bridgehead atoms. The highest BCUT2D eigenvalue weighted by atomic mass is 32.1. The molecular weight excluding hydrogens is 335 g/mol. The van der Waals surface area contributed by atoms with Crippen LogP contribution in [0.15, 0.2) is 24.3 Å². The van der Waals surface area contributed by atoms with Crippen molar-refractivity contribution in [2.45, 2.75) is 37.7 Å². The molecule has 3 radical (unpaired) electrons. The Morgan fingerprint density at radius 1 is 1.38 bits per heavy atom. The molecule has 0 amide bonds. The lowest BCUT2D eigenvalue weighted by Gasteiger charge is -2.64. The van der Waals surface area contributed by atoms with Gasteiger partial charge in [0.15, 0.2) is 0 Å². The van der Waals surface area contributed by atoms with E-state index in [4.69, 9.17) is 20.2 Å². The molecule has 1 N–H and O–H groups in total. The van der Waals surface area contributed by atoms with Crippen molar-refractivity contribution >= 4 is 46.6 Å². The summed E-state index contributed by atoms with van der Waals surface area (Å²) >= 11 is 7.31. The molecule has 1 atom stereocenters. The third-order valence-electron chi connectivity index (χ3n) is 5.72. The molecular formula is C18H22BN2OS2. The molecule has 3 aliphatic rings. The molecule has 6 heteroatoms. The maximum atomic E-state index is 11.1. The second kappa shape index (κ2) is 6.17. The molecule has 3 saturated heterocycles. The maximum absolute atomic E-state index is 11.1. The second-order valence-corrected chi connectivity index (χ2v) is 9.19. The van der Waals surface area contributed by atoms with Crippen molar-refractivity contribution in [2.24, 2.45) is 5.92 Å². The van der Waals surface area contributed by atoms with E-state index in [0.717, 1.165) is 60.6 Å². The fourth-order valence-electron chi connectivity index (χ4n) is 4.34. The highest BCUT2D eigenvalue weighted by molar-refractivity contribution is 7.80. The zero-order valence-corrected chi connectivity index (χ0v) is 15.4. The lowest BCUT2D eigenvalue weighted by atomic mass is 9.69. The predicted molar refractivity (Wildman–Crippen MR) is 103 cm³/mol. The van der Waals surface area contributed by atoms with Gasteiger partial charge in [-0.15, -0.1) is 11.3 Å². The summed E-state index contributed by atoms with van der Waals surface area (Å²) in [5.41, 5.74) is 0.411. The van der Waals surface area contributed by atoms with Gasteiger partial charge in [-0.1, -0.05) is 24.4 Å². The number of benzene rings is 1. The highest BCUT2D eigenvalue weighted by Crippen LogP contribution is 2.41. The standard InChI is InChI=1S/C18H22BN2OS2/c19-21-9-6-13(7-10-21)18(22,12-21)8-5-14(23)11-17-20-15-3-1-2-4-16(15)24-17/h1-4,13,22H,5-12H2. The lowest BCUT2D eigenvalue weighted by Crippen LogP contribution is -2.68. The first kappa shape index (κ1) is 16.6. The van der Waals surface area contributed by atoms with Crippen LogP contribution in [0.3, 0.4) is 0 Å². The minimum Gasteiger partial charge on any atom is -0.586 e. The van der Waals surface area contributed by atoms with E-state index in [1.54, 1.807) is 11.3 Å². The molecule has 3 aliphatic heterocycles. The van der Waals surface area contributed by atoms with Gasteiger partial charge in [0.1, 0.15) is 5.60 Å². The molecule has 0 spiro atoms. The van der Waals surface area contributed by atoms with Crippen LogP contribution in [0.25, 0.3) is 10.2 Å². The van der Waals surface area contributed by atoms with Crippen LogP contribution in [0, 0.1) is 5.92 Å². The van der Waals surface area contributed by atoms with E-state index >= 15 is 0 Å². The average molecular weight is 357 g/mol. The Labute approximate surface area is 153 Å². The van der Waals surface area contributed by atoms with Crippen molar-refractivity contribution in [3.8, 4) is 0 Å². The van der Waals surface area contributed by atoms with Gasteiger partial charge in [0.05, 0.1) is 21.8 Å². The molecule has 1 aromatic heterocycles. The number of thiocarbonyl (C=S) groups is 1. The lowest BCUT2D eigenvalue weighted by molar-refractivity contribution is -0.846. The number of nitrogens with zero attached hydrogens (tertiary/aromatic N) is 2. The van der Waals surface area contributed by atoms with Gasteiger partial charge >= 0.3 is 0 Å². The largest absolute Gasteiger partial charge is 0.586 e. The molecule has 4 heterocycles. The van der Waals surface area contributed by atoms with Gasteiger partial charge in [-0.2, -0.15) is 0 Å². The minimum absolute atomic E-state index is 0.395. The fourth-order valence-corrected chi connectivity index (χ4v) is 5.68. The van der Waals surface area contributed by atoms with Crippen LogP contribution in [0.2, 0.25) is 0 Å². The molecule has 0 saturated carbocycles. The van der Waals surface area contributed by atoms with Crippen molar-refractivity contribution in [1.29, 1.82) is 0 Å². The number of piperidine rings is 3. The second-order valence-electron chi connectivity index (χ2n) is 7.49. The van der Waals surface area contributed by atoms with E-state index in [1.165, 1.54) is 4.70 Å². The van der Waals surface area contributed by atoms with Gasteiger partial charge < -0.3 is 9.50 Å². The Morgan fingerprint density at radius 2 is 2.12 bits per heavy atom. The van der Waals surface area contributed by atoms with E-state index in [9.17, 15) is 5.11 Å². The van der Waals surface area contributed by atoms with Crippen molar-refractivity contribution in [2.75, 3.05) is 19.6 Å². The van der Waals surface area contributed by atoms with Gasteiger partial charge in [-0.3, -0.25) is 0 Å². The van der Waals surface area contributed by atoms with E-state index in [0.29, 0.717) is 16.9 Å². The Kier molecular flexibility index (Phi) is 4.28. The van der Waals surface area contributed by atoms with Crippen molar-refractivity contribution < 1.29 is 9.50 Å². The topological polar surface area (TPSA) is 33.1 Å². The SMILES string of the molecule is [B-][N+]12CCC(CC1)C(O)(CCC(=S)Cc1nc3ccccc3s1)C2. The number of quaternary nitrogens is 1. The first-order chi connectivity index (χ1) is 11.5. The molecule has 0 aliphatic carbocycles. The van der Waals surface area contributed by atoms with Crippen LogP contribution in [-0.2, 0) is 6.42 Å². The maximum Gasteiger partial charge on any atom is 0.113 e. The molecule has 2 aromatic rings. The number of aliphatic hydroxyl groups is 1. The summed E-state index contributed by atoms with van der Waals surface area (Å²) in [5.74, 6) is 0.395. The van der Waals surface area contributed by atoms with E-state index in [1.807, 2.05) is 18.2 Å². The molecule has 1 aromatic carbocycles. The molecule has 24 heavy (non-hydrogen) atoms. The summed E-state index contributed by atoms with van der Waals surface area (Å²) < 4.78 is 1.75. The minimum atomic E-state index is -0.636. The van der Waals surface area contributed by atoms with E-state index in [-0.39, 0.29) is 0 Å². The monoisotopic (exact) mass is 357 g/mol. The van der Waals surface area contributed by atoms with Crippen LogP contribution in [0.4, 0.5) is 0 Å². The first-order valence-electron chi connectivity index (χ1n) is 8.69. The summed E-state index contributed by atoms with van der Waals surface area (Å²) in [5, 5.41) is 12.2. The Bertz CT molecular complexity index is 736. The number of rotatable bonds is 5. The Hall–Kier alpha value is -0.815. The van der Waals surface area contributed by atoms with E-state index < -0.39 is 5.60 Å². The van der Waals surface area contributed by atoms with Gasteiger partial charge in [-0.05, 0) is 42.7 Å². The number of thiazole rings is 1. The number of fused-ring (bicyclic) bond motifs is 4. The van der Waals surface area contributed by atoms with Gasteiger partial charge in [0, 0.05) is 25.4 Å². The number of para-hydroxylation sites is 1. The van der Waals surface area contributed by atoms with Gasteiger partial charge in [-0.25, -0.2) is 13.0 Å². The van der Waals surface area contributed by atoms with Crippen LogP contribution in [0.5, 0.6) is 0 Å². The highest BCUT2D eigenvalue weighted by Gasteiger charge is 2.47. The summed E-state index contributed by atoms with van der Waals surface area (Å²) in [4.78, 5) is 5.65. The number of hydrogen-bond donors (Lipinski definition) is 1. The van der Waals surface area contributed by atoms with Gasteiger partial charge in [0.25, 0.3) is 0 Å². The fraction of sp³-hybridized carbons (Fsp3) is 0.556. The molecule has 1 unspecified atom stereocenters. The van der Waals surface area contributed by atoms with Crippen molar-refractivity contribution in [3.05, 3.63) is 29.3 Å². The van der Waals surface area contributed by atoms with E-state index in [2.05, 4.69) is 11.1 Å². The van der Waals surface area contributed by atoms with Crippen LogP contribution in [0.1, 0.15) is 30.7 Å². The molecule has 125 valence electrons. The summed E-state index contributed by atoms with van der Waals surface area (Å²) in [6.45, 7) is 2.69. The predicted octanol–water partition coefficient (Wildman–Crippen LogP) is 3.04. The van der Waals surface area contributed by atoms with Gasteiger partial charge in [0.2, 0.25) is 0 Å². The number of aromatic nitrogens is 1. The zero-order valence-electron chi connectivity index (χ0n) is 13.8. The average Bonchev–Trinajstić information content (AvgIpc) is 2.95. The third kappa shape index (κ3) is 3.17. The zero-order chi connectivity index (χ0) is 16.8. The Balaban J connectivity index is 1.38. The normalized spacial score (nSPS) is 32.3. The van der Waals surface area contributed by atoms with Crippen LogP contribution in [-0.4, -0.2) is 52.6 Å². The first-order valence-corrected chi connectivity index (χ1v) is 9.92. The molecule has 3 fully saturated rings. The van der Waals surface area contributed by atoms with Crippen LogP contribution >= 0.6 is 23.6 Å². The number of hydrogen-bond acceptors (Lipinski definition) is 4. The summed E-state index contributed by atoms with van der Waals surface area (Å²) in [6.07, 6.45) is 4.32. The summed E-state index contributed by atoms with van der Waals surface area (Å²) in [7, 11) is 6.38. The van der Waals surface area contributed by atoms with Crippen molar-refractivity contribution in [3.63, 3.8) is 0 Å². The molecule has 5 rings (SSSR count). The Morgan fingerprint density at radius 3 is 2.83 bits per heavy atom.